The van der Waals surface area contributed by atoms with Crippen molar-refractivity contribution in [3.05, 3.63) is 16.6 Å². The van der Waals surface area contributed by atoms with Crippen LogP contribution in [0.2, 0.25) is 0 Å². The van der Waals surface area contributed by atoms with Crippen LogP contribution in [0.1, 0.15) is 18.9 Å². The molecule has 1 unspecified atom stereocenters. The second-order valence-electron chi connectivity index (χ2n) is 3.49. The van der Waals surface area contributed by atoms with Crippen molar-refractivity contribution in [3.8, 4) is 6.07 Å². The smallest absolute Gasteiger partial charge is 0.237 e. The number of amides is 1. The standard InChI is InChI=1S/C10H13N3OS/c1-7(2)8(5-11)10(14)13-6-9-12-3-4-15-9/h3-4,7-8H,6H2,1-2H3,(H,13,14). The molecule has 5 heteroatoms. The fourth-order valence-electron chi connectivity index (χ4n) is 1.12. The number of nitriles is 1. The van der Waals surface area contributed by atoms with Crippen LogP contribution in [0.3, 0.4) is 0 Å². The molecule has 0 bridgehead atoms. The van der Waals surface area contributed by atoms with E-state index < -0.39 is 5.92 Å². The summed E-state index contributed by atoms with van der Waals surface area (Å²) in [6, 6.07) is 2.00. The van der Waals surface area contributed by atoms with Crippen LogP contribution in [0.4, 0.5) is 0 Å². The molecule has 1 aromatic heterocycles. The summed E-state index contributed by atoms with van der Waals surface area (Å²) >= 11 is 1.48. The average Bonchev–Trinajstić information content (AvgIpc) is 2.67. The van der Waals surface area contributed by atoms with Crippen molar-refractivity contribution < 1.29 is 4.79 Å². The summed E-state index contributed by atoms with van der Waals surface area (Å²) in [4.78, 5) is 15.6. The molecule has 1 heterocycles. The van der Waals surface area contributed by atoms with Gasteiger partial charge >= 0.3 is 0 Å². The van der Waals surface area contributed by atoms with Crippen molar-refractivity contribution in [2.45, 2.75) is 20.4 Å². The lowest BCUT2D eigenvalue weighted by atomic mass is 9.97. The van der Waals surface area contributed by atoms with Crippen molar-refractivity contribution >= 4 is 17.2 Å². The fourth-order valence-corrected chi connectivity index (χ4v) is 1.68. The summed E-state index contributed by atoms with van der Waals surface area (Å²) in [5.74, 6) is -0.765. The van der Waals surface area contributed by atoms with Crippen molar-refractivity contribution in [1.82, 2.24) is 10.3 Å². The van der Waals surface area contributed by atoms with Crippen LogP contribution in [0.25, 0.3) is 0 Å². The van der Waals surface area contributed by atoms with E-state index in [9.17, 15) is 4.79 Å². The minimum atomic E-state index is -0.579. The Labute approximate surface area is 92.9 Å². The normalized spacial score (nSPS) is 12.1. The largest absolute Gasteiger partial charge is 0.348 e. The number of thiazole rings is 1. The molecule has 0 saturated carbocycles. The number of carbonyl (C=O) groups is 1. The number of nitrogens with one attached hydrogen (secondary N) is 1. The van der Waals surface area contributed by atoms with Crippen molar-refractivity contribution in [1.29, 1.82) is 5.26 Å². The van der Waals surface area contributed by atoms with E-state index in [1.807, 2.05) is 25.3 Å². The number of nitrogens with zero attached hydrogens (tertiary/aromatic N) is 2. The molecule has 0 aliphatic carbocycles. The van der Waals surface area contributed by atoms with E-state index in [4.69, 9.17) is 5.26 Å². The topological polar surface area (TPSA) is 65.8 Å². The highest BCUT2D eigenvalue weighted by Crippen LogP contribution is 2.10. The van der Waals surface area contributed by atoms with E-state index in [-0.39, 0.29) is 11.8 Å². The predicted octanol–water partition coefficient (Wildman–Crippen LogP) is 1.56. The minimum Gasteiger partial charge on any atom is -0.348 e. The molecule has 1 N–H and O–H groups in total. The highest BCUT2D eigenvalue weighted by Gasteiger charge is 2.21. The third-order valence-corrected chi connectivity index (χ3v) is 2.77. The van der Waals surface area contributed by atoms with E-state index in [0.29, 0.717) is 6.54 Å². The van der Waals surface area contributed by atoms with Gasteiger partial charge in [-0.2, -0.15) is 5.26 Å². The number of hydrogen-bond donors (Lipinski definition) is 1. The van der Waals surface area contributed by atoms with Crippen molar-refractivity contribution in [3.63, 3.8) is 0 Å². The summed E-state index contributed by atoms with van der Waals surface area (Å²) in [5, 5.41) is 14.2. The van der Waals surface area contributed by atoms with Gasteiger partial charge in [0.25, 0.3) is 0 Å². The Hall–Kier alpha value is -1.41. The van der Waals surface area contributed by atoms with Crippen molar-refractivity contribution in [2.75, 3.05) is 0 Å². The zero-order valence-electron chi connectivity index (χ0n) is 8.73. The van der Waals surface area contributed by atoms with Gasteiger partial charge in [0, 0.05) is 11.6 Å². The molecule has 1 atom stereocenters. The van der Waals surface area contributed by atoms with Gasteiger partial charge in [0.1, 0.15) is 10.9 Å². The van der Waals surface area contributed by atoms with E-state index >= 15 is 0 Å². The molecular weight excluding hydrogens is 210 g/mol. The summed E-state index contributed by atoms with van der Waals surface area (Å²) in [5.41, 5.74) is 0. The highest BCUT2D eigenvalue weighted by atomic mass is 32.1. The van der Waals surface area contributed by atoms with Crippen LogP contribution in [0, 0.1) is 23.2 Å². The molecule has 0 aromatic carbocycles. The van der Waals surface area contributed by atoms with Gasteiger partial charge in [-0.1, -0.05) is 13.8 Å². The molecule has 1 aromatic rings. The minimum absolute atomic E-state index is 0.0336. The second kappa shape index (κ2) is 5.47. The van der Waals surface area contributed by atoms with Gasteiger partial charge in [0.2, 0.25) is 5.91 Å². The molecule has 0 spiro atoms. The van der Waals surface area contributed by atoms with E-state index in [0.717, 1.165) is 5.01 Å². The second-order valence-corrected chi connectivity index (χ2v) is 4.47. The van der Waals surface area contributed by atoms with Gasteiger partial charge in [-0.15, -0.1) is 11.3 Å². The Balaban J connectivity index is 2.46. The molecule has 0 fully saturated rings. The zero-order valence-corrected chi connectivity index (χ0v) is 9.54. The maximum Gasteiger partial charge on any atom is 0.237 e. The number of carbonyl (C=O) groups excluding carboxylic acids is 1. The molecule has 0 aliphatic rings. The van der Waals surface area contributed by atoms with Gasteiger partial charge < -0.3 is 5.32 Å². The molecule has 1 rings (SSSR count). The molecular formula is C10H13N3OS. The van der Waals surface area contributed by atoms with Crippen LogP contribution in [0.5, 0.6) is 0 Å². The Morgan fingerprint density at radius 3 is 2.93 bits per heavy atom. The lowest BCUT2D eigenvalue weighted by Gasteiger charge is -2.11. The number of rotatable bonds is 4. The quantitative estimate of drug-likeness (QED) is 0.842. The lowest BCUT2D eigenvalue weighted by Crippen LogP contribution is -2.32. The Kier molecular flexibility index (Phi) is 4.25. The SMILES string of the molecule is CC(C)C(C#N)C(=O)NCc1nccs1. The molecule has 1 amide bonds. The summed E-state index contributed by atoms with van der Waals surface area (Å²) in [6.07, 6.45) is 1.69. The number of hydrogen-bond acceptors (Lipinski definition) is 4. The van der Waals surface area contributed by atoms with E-state index in [1.165, 1.54) is 11.3 Å². The summed E-state index contributed by atoms with van der Waals surface area (Å²) < 4.78 is 0. The first-order chi connectivity index (χ1) is 7.15. The Bertz CT molecular complexity index is 353. The molecule has 15 heavy (non-hydrogen) atoms. The van der Waals surface area contributed by atoms with Crippen LogP contribution in [0.15, 0.2) is 11.6 Å². The van der Waals surface area contributed by atoms with Crippen LogP contribution >= 0.6 is 11.3 Å². The molecule has 0 saturated heterocycles. The Morgan fingerprint density at radius 2 is 2.47 bits per heavy atom. The molecule has 0 radical (unpaired) electrons. The van der Waals surface area contributed by atoms with Crippen LogP contribution in [-0.4, -0.2) is 10.9 Å². The molecule has 80 valence electrons. The van der Waals surface area contributed by atoms with Crippen LogP contribution in [-0.2, 0) is 11.3 Å². The zero-order chi connectivity index (χ0) is 11.3. The molecule has 4 nitrogen and oxygen atoms in total. The first-order valence-electron chi connectivity index (χ1n) is 4.71. The summed E-state index contributed by atoms with van der Waals surface area (Å²) in [7, 11) is 0. The van der Waals surface area contributed by atoms with Gasteiger partial charge in [0.15, 0.2) is 0 Å². The maximum absolute atomic E-state index is 11.6. The number of aromatic nitrogens is 1. The monoisotopic (exact) mass is 223 g/mol. The van der Waals surface area contributed by atoms with Gasteiger partial charge in [-0.05, 0) is 5.92 Å². The highest BCUT2D eigenvalue weighted by molar-refractivity contribution is 7.09. The van der Waals surface area contributed by atoms with E-state index in [1.54, 1.807) is 6.20 Å². The van der Waals surface area contributed by atoms with E-state index in [2.05, 4.69) is 10.3 Å². The predicted molar refractivity (Wildman–Crippen MR) is 57.9 cm³/mol. The first-order valence-corrected chi connectivity index (χ1v) is 5.58. The lowest BCUT2D eigenvalue weighted by molar-refractivity contribution is -0.124. The fraction of sp³-hybridized carbons (Fsp3) is 0.500. The molecule has 0 aliphatic heterocycles. The average molecular weight is 223 g/mol. The van der Waals surface area contributed by atoms with Gasteiger partial charge in [-0.3, -0.25) is 4.79 Å². The maximum atomic E-state index is 11.6. The summed E-state index contributed by atoms with van der Waals surface area (Å²) in [6.45, 7) is 4.12. The van der Waals surface area contributed by atoms with Gasteiger partial charge in [0.05, 0.1) is 12.6 Å². The van der Waals surface area contributed by atoms with Crippen LogP contribution < -0.4 is 5.32 Å². The third kappa shape index (κ3) is 3.33. The van der Waals surface area contributed by atoms with Gasteiger partial charge in [-0.25, -0.2) is 4.98 Å². The Morgan fingerprint density at radius 1 is 1.73 bits per heavy atom. The first kappa shape index (κ1) is 11.7. The third-order valence-electron chi connectivity index (χ3n) is 1.99. The van der Waals surface area contributed by atoms with Crippen molar-refractivity contribution in [2.24, 2.45) is 11.8 Å².